The second-order valence-electron chi connectivity index (χ2n) is 10.2. The molecule has 0 spiro atoms. The Kier molecular flexibility index (Phi) is 10.1. The molecule has 0 fully saturated rings. The molecule has 2 aromatic carbocycles. The summed E-state index contributed by atoms with van der Waals surface area (Å²) >= 11 is 0. The number of ether oxygens (including phenoxy) is 1. The number of terminal acetylenes is 1. The third-order valence-corrected chi connectivity index (χ3v) is 5.53. The fourth-order valence-corrected chi connectivity index (χ4v) is 3.83. The molecule has 202 valence electrons. The van der Waals surface area contributed by atoms with Gasteiger partial charge in [0.1, 0.15) is 17.7 Å². The molecular formula is C29H36N4O5. The second kappa shape index (κ2) is 12.8. The third kappa shape index (κ3) is 8.37. The van der Waals surface area contributed by atoms with E-state index in [2.05, 4.69) is 16.6 Å². The number of amides is 4. The van der Waals surface area contributed by atoms with Crippen LogP contribution in [0.1, 0.15) is 63.8 Å². The van der Waals surface area contributed by atoms with Gasteiger partial charge in [0.15, 0.2) is 0 Å². The van der Waals surface area contributed by atoms with Crippen molar-refractivity contribution in [3.63, 3.8) is 0 Å². The maximum atomic E-state index is 13.9. The molecule has 2 rings (SSSR count). The van der Waals surface area contributed by atoms with Crippen LogP contribution in [0, 0.1) is 19.3 Å². The average molecular weight is 521 g/mol. The van der Waals surface area contributed by atoms with E-state index in [0.29, 0.717) is 16.8 Å². The number of nitrogens with two attached hydrogens (primary N) is 1. The van der Waals surface area contributed by atoms with E-state index in [1.807, 2.05) is 19.1 Å². The molecule has 0 aromatic heterocycles. The van der Waals surface area contributed by atoms with Crippen LogP contribution in [0.15, 0.2) is 48.5 Å². The smallest absolute Gasteiger partial charge is 0.408 e. The highest BCUT2D eigenvalue weighted by molar-refractivity contribution is 6.00. The highest BCUT2D eigenvalue weighted by Crippen LogP contribution is 2.28. The van der Waals surface area contributed by atoms with Crippen molar-refractivity contribution in [2.75, 3.05) is 5.32 Å². The van der Waals surface area contributed by atoms with Crippen LogP contribution in [0.4, 0.5) is 10.5 Å². The Balaban J connectivity index is 2.55. The zero-order valence-electron chi connectivity index (χ0n) is 22.7. The zero-order chi connectivity index (χ0) is 28.6. The SMILES string of the molecule is C#Cc1ccc(C(C(=O)Nc2ccccc2C)N(C(=O)C(CC(N)=O)NC(=O)OC(C)(C)C)C(C)C)cc1. The van der Waals surface area contributed by atoms with E-state index in [-0.39, 0.29) is 0 Å². The summed E-state index contributed by atoms with van der Waals surface area (Å²) in [6, 6.07) is 10.9. The molecule has 0 heterocycles. The van der Waals surface area contributed by atoms with E-state index >= 15 is 0 Å². The fourth-order valence-electron chi connectivity index (χ4n) is 3.83. The first-order chi connectivity index (χ1) is 17.7. The number of nitrogens with zero attached hydrogens (tertiary/aromatic N) is 1. The van der Waals surface area contributed by atoms with Crippen molar-refractivity contribution in [3.05, 3.63) is 65.2 Å². The van der Waals surface area contributed by atoms with Crippen molar-refractivity contribution in [1.29, 1.82) is 0 Å². The van der Waals surface area contributed by atoms with Crippen molar-refractivity contribution in [2.24, 2.45) is 5.73 Å². The number of benzene rings is 2. The van der Waals surface area contributed by atoms with E-state index in [4.69, 9.17) is 16.9 Å². The van der Waals surface area contributed by atoms with Gasteiger partial charge in [0, 0.05) is 17.3 Å². The summed E-state index contributed by atoms with van der Waals surface area (Å²) in [5, 5.41) is 5.35. The molecule has 0 bridgehead atoms. The summed E-state index contributed by atoms with van der Waals surface area (Å²) in [6.07, 6.45) is 4.13. The van der Waals surface area contributed by atoms with Gasteiger partial charge in [0.25, 0.3) is 5.91 Å². The molecule has 38 heavy (non-hydrogen) atoms. The predicted octanol–water partition coefficient (Wildman–Crippen LogP) is 3.66. The molecule has 2 aromatic rings. The van der Waals surface area contributed by atoms with Gasteiger partial charge in [-0.25, -0.2) is 4.79 Å². The van der Waals surface area contributed by atoms with Crippen molar-refractivity contribution < 1.29 is 23.9 Å². The van der Waals surface area contributed by atoms with Crippen molar-refractivity contribution in [2.45, 2.75) is 71.7 Å². The Morgan fingerprint density at radius 2 is 1.66 bits per heavy atom. The first-order valence-electron chi connectivity index (χ1n) is 12.3. The number of carbonyl (C=O) groups excluding carboxylic acids is 4. The summed E-state index contributed by atoms with van der Waals surface area (Å²) in [6.45, 7) is 10.3. The molecule has 0 radical (unpaired) electrons. The van der Waals surface area contributed by atoms with E-state index in [1.54, 1.807) is 71.0 Å². The number of nitrogens with one attached hydrogen (secondary N) is 2. The highest BCUT2D eigenvalue weighted by atomic mass is 16.6. The molecule has 0 aliphatic carbocycles. The van der Waals surface area contributed by atoms with Crippen LogP contribution in [-0.2, 0) is 19.1 Å². The molecule has 4 amide bonds. The number of primary amides is 1. The Hall–Kier alpha value is -4.32. The quantitative estimate of drug-likeness (QED) is 0.434. The van der Waals surface area contributed by atoms with Crippen LogP contribution in [-0.4, -0.2) is 46.4 Å². The number of rotatable bonds is 9. The first kappa shape index (κ1) is 29.9. The summed E-state index contributed by atoms with van der Waals surface area (Å²) < 4.78 is 5.28. The number of aryl methyl sites for hydroxylation is 1. The normalized spacial score (nSPS) is 12.6. The van der Waals surface area contributed by atoms with Crippen LogP contribution in [0.25, 0.3) is 0 Å². The van der Waals surface area contributed by atoms with Gasteiger partial charge in [-0.2, -0.15) is 0 Å². The molecule has 9 nitrogen and oxygen atoms in total. The summed E-state index contributed by atoms with van der Waals surface area (Å²) in [5.74, 6) is 0.575. The summed E-state index contributed by atoms with van der Waals surface area (Å²) in [4.78, 5) is 53.4. The van der Waals surface area contributed by atoms with E-state index in [1.165, 1.54) is 4.90 Å². The predicted molar refractivity (Wildman–Crippen MR) is 146 cm³/mol. The monoisotopic (exact) mass is 520 g/mol. The van der Waals surface area contributed by atoms with Gasteiger partial charge in [-0.3, -0.25) is 14.4 Å². The maximum Gasteiger partial charge on any atom is 0.408 e. The number of alkyl carbamates (subject to hydrolysis) is 1. The van der Waals surface area contributed by atoms with Crippen LogP contribution in [0.5, 0.6) is 0 Å². The molecule has 4 N–H and O–H groups in total. The zero-order valence-corrected chi connectivity index (χ0v) is 22.7. The lowest BCUT2D eigenvalue weighted by atomic mass is 9.99. The highest BCUT2D eigenvalue weighted by Gasteiger charge is 2.38. The number of hydrogen-bond donors (Lipinski definition) is 3. The Labute approximate surface area is 224 Å². The van der Waals surface area contributed by atoms with Gasteiger partial charge in [0.05, 0.1) is 6.42 Å². The van der Waals surface area contributed by atoms with Gasteiger partial charge in [-0.05, 0) is 70.9 Å². The first-order valence-corrected chi connectivity index (χ1v) is 12.3. The number of carbonyl (C=O) groups is 4. The van der Waals surface area contributed by atoms with Gasteiger partial charge in [-0.15, -0.1) is 6.42 Å². The fraction of sp³-hybridized carbons (Fsp3) is 0.379. The summed E-state index contributed by atoms with van der Waals surface area (Å²) in [5.41, 5.74) is 7.09. The Morgan fingerprint density at radius 3 is 2.16 bits per heavy atom. The summed E-state index contributed by atoms with van der Waals surface area (Å²) in [7, 11) is 0. The molecule has 2 atom stereocenters. The molecule has 0 aliphatic rings. The van der Waals surface area contributed by atoms with Gasteiger partial charge in [0.2, 0.25) is 11.8 Å². The van der Waals surface area contributed by atoms with Crippen LogP contribution in [0.3, 0.4) is 0 Å². The molecule has 0 aliphatic heterocycles. The van der Waals surface area contributed by atoms with Crippen molar-refractivity contribution >= 4 is 29.5 Å². The van der Waals surface area contributed by atoms with Gasteiger partial charge >= 0.3 is 6.09 Å². The molecule has 0 saturated heterocycles. The molecule has 9 heteroatoms. The number of anilines is 1. The topological polar surface area (TPSA) is 131 Å². The molecular weight excluding hydrogens is 484 g/mol. The minimum Gasteiger partial charge on any atom is -0.444 e. The largest absolute Gasteiger partial charge is 0.444 e. The lowest BCUT2D eigenvalue weighted by Crippen LogP contribution is -2.55. The Bertz CT molecular complexity index is 1210. The van der Waals surface area contributed by atoms with Crippen LogP contribution in [0.2, 0.25) is 0 Å². The minimum atomic E-state index is -1.36. The van der Waals surface area contributed by atoms with Crippen LogP contribution < -0.4 is 16.4 Å². The van der Waals surface area contributed by atoms with Gasteiger partial charge < -0.3 is 26.0 Å². The number of hydrogen-bond acceptors (Lipinski definition) is 5. The Morgan fingerprint density at radius 1 is 1.05 bits per heavy atom. The van der Waals surface area contributed by atoms with E-state index in [9.17, 15) is 19.2 Å². The third-order valence-electron chi connectivity index (χ3n) is 5.53. The van der Waals surface area contributed by atoms with E-state index < -0.39 is 54.0 Å². The minimum absolute atomic E-state index is 0.482. The lowest BCUT2D eigenvalue weighted by molar-refractivity contribution is -0.143. The average Bonchev–Trinajstić information content (AvgIpc) is 2.81. The van der Waals surface area contributed by atoms with Crippen molar-refractivity contribution in [1.82, 2.24) is 10.2 Å². The second-order valence-corrected chi connectivity index (χ2v) is 10.2. The number of para-hydroxylation sites is 1. The maximum absolute atomic E-state index is 13.9. The lowest BCUT2D eigenvalue weighted by Gasteiger charge is -2.37. The van der Waals surface area contributed by atoms with Crippen LogP contribution >= 0.6 is 0 Å². The van der Waals surface area contributed by atoms with Crippen molar-refractivity contribution in [3.8, 4) is 12.3 Å². The standard InChI is InChI=1S/C29H36N4O5/c1-8-20-13-15-21(16-14-20)25(26(35)31-22-12-10-9-11-19(22)4)33(18(2)3)27(36)23(17-24(30)34)32-28(37)38-29(5,6)7/h1,9-16,18,23,25H,17H2,2-7H3,(H2,30,34)(H,31,35)(H,32,37). The molecule has 2 unspecified atom stereocenters. The molecule has 0 saturated carbocycles. The van der Waals surface area contributed by atoms with Gasteiger partial charge in [-0.1, -0.05) is 36.3 Å². The van der Waals surface area contributed by atoms with E-state index in [0.717, 1.165) is 5.56 Å².